The minimum Gasteiger partial charge on any atom is -1.00 e. The van der Waals surface area contributed by atoms with Gasteiger partial charge in [-0.2, -0.15) is 4.57 Å². The van der Waals surface area contributed by atoms with Crippen LogP contribution in [0.4, 0.5) is 0 Å². The van der Waals surface area contributed by atoms with Crippen LogP contribution < -0.4 is 28.5 Å². The molecule has 0 aliphatic carbocycles. The molecule has 0 bridgehead atoms. The highest BCUT2D eigenvalue weighted by molar-refractivity contribution is 7.07. The standard InChI is InChI=1S/C11H22NO3SSi.HI/c1-11-9-16-10-12(11)7-5-6-8-17(13-2,14-3)15-4;/h9-10H,5-8H2,1-4H3;1H/q+1;/p-1. The molecule has 0 spiro atoms. The molecular weight excluding hydrogens is 381 g/mol. The summed E-state index contributed by atoms with van der Waals surface area (Å²) in [6, 6.07) is 0.875. The molecule has 0 unspecified atom stereocenters. The fraction of sp³-hybridized carbons (Fsp3) is 0.727. The second-order valence-electron chi connectivity index (χ2n) is 3.95. The van der Waals surface area contributed by atoms with Crippen molar-refractivity contribution < 1.29 is 41.8 Å². The van der Waals surface area contributed by atoms with Gasteiger partial charge in [0.05, 0.1) is 5.38 Å². The second-order valence-corrected chi connectivity index (χ2v) is 7.76. The van der Waals surface area contributed by atoms with Gasteiger partial charge in [-0.25, -0.2) is 0 Å². The topological polar surface area (TPSA) is 31.6 Å². The molecule has 0 N–H and O–H groups in total. The van der Waals surface area contributed by atoms with Crippen LogP contribution in [0.5, 0.6) is 0 Å². The minimum absolute atomic E-state index is 0. The maximum Gasteiger partial charge on any atom is 0.500 e. The molecule has 0 aromatic carbocycles. The van der Waals surface area contributed by atoms with Crippen LogP contribution >= 0.6 is 11.3 Å². The number of nitrogens with zero attached hydrogens (tertiary/aromatic N) is 1. The van der Waals surface area contributed by atoms with Crippen LogP contribution in [-0.4, -0.2) is 30.1 Å². The van der Waals surface area contributed by atoms with E-state index in [0.29, 0.717) is 0 Å². The van der Waals surface area contributed by atoms with E-state index in [9.17, 15) is 0 Å². The summed E-state index contributed by atoms with van der Waals surface area (Å²) in [5.41, 5.74) is 3.48. The maximum absolute atomic E-state index is 5.39. The van der Waals surface area contributed by atoms with Crippen molar-refractivity contribution in [2.75, 3.05) is 21.3 Å². The van der Waals surface area contributed by atoms with Crippen molar-refractivity contribution in [3.63, 3.8) is 0 Å². The Kier molecular flexibility index (Phi) is 9.61. The third-order valence-electron chi connectivity index (χ3n) is 2.94. The Hall–Kier alpha value is 0.457. The predicted octanol–water partition coefficient (Wildman–Crippen LogP) is -0.994. The van der Waals surface area contributed by atoms with Crippen molar-refractivity contribution in [2.24, 2.45) is 0 Å². The summed E-state index contributed by atoms with van der Waals surface area (Å²) in [4.78, 5) is 0. The van der Waals surface area contributed by atoms with E-state index in [1.807, 2.05) is 0 Å². The van der Waals surface area contributed by atoms with Gasteiger partial charge in [0.2, 0.25) is 5.51 Å². The Morgan fingerprint density at radius 1 is 1.17 bits per heavy atom. The lowest BCUT2D eigenvalue weighted by molar-refractivity contribution is -0.698. The second kappa shape index (κ2) is 9.37. The lowest BCUT2D eigenvalue weighted by Gasteiger charge is -2.23. The molecule has 4 nitrogen and oxygen atoms in total. The van der Waals surface area contributed by atoms with E-state index in [1.165, 1.54) is 5.69 Å². The van der Waals surface area contributed by atoms with Gasteiger partial charge in [0.1, 0.15) is 6.54 Å². The number of aromatic nitrogens is 1. The third-order valence-corrected chi connectivity index (χ3v) is 6.63. The molecule has 1 heterocycles. The lowest BCUT2D eigenvalue weighted by atomic mass is 10.3. The smallest absolute Gasteiger partial charge is 0.500 e. The van der Waals surface area contributed by atoms with Gasteiger partial charge in [0.25, 0.3) is 0 Å². The first-order valence-electron chi connectivity index (χ1n) is 5.75. The fourth-order valence-electron chi connectivity index (χ4n) is 1.76. The first-order chi connectivity index (χ1) is 8.17. The van der Waals surface area contributed by atoms with Crippen molar-refractivity contribution >= 4 is 20.1 Å². The average molecular weight is 403 g/mol. The number of thiazole rings is 1. The SMILES string of the molecule is CO[Si](CCCC[n+]1cscc1C)(OC)OC.[I-]. The Morgan fingerprint density at radius 2 is 1.78 bits per heavy atom. The number of halogens is 1. The molecule has 0 saturated heterocycles. The molecular formula is C11H22INO3SSi. The molecule has 18 heavy (non-hydrogen) atoms. The van der Waals surface area contributed by atoms with Gasteiger partial charge in [0, 0.05) is 40.7 Å². The van der Waals surface area contributed by atoms with E-state index >= 15 is 0 Å². The molecule has 0 radical (unpaired) electrons. The first-order valence-corrected chi connectivity index (χ1v) is 8.62. The molecule has 0 aliphatic rings. The zero-order chi connectivity index (χ0) is 12.7. The Morgan fingerprint density at radius 3 is 2.22 bits per heavy atom. The van der Waals surface area contributed by atoms with Gasteiger partial charge in [-0.1, -0.05) is 11.3 Å². The van der Waals surface area contributed by atoms with Crippen LogP contribution in [0.1, 0.15) is 18.5 Å². The van der Waals surface area contributed by atoms with E-state index in [4.69, 9.17) is 13.3 Å². The van der Waals surface area contributed by atoms with E-state index < -0.39 is 8.80 Å². The largest absolute Gasteiger partial charge is 1.00 e. The maximum atomic E-state index is 5.39. The quantitative estimate of drug-likeness (QED) is 0.242. The van der Waals surface area contributed by atoms with Crippen LogP contribution in [0.3, 0.4) is 0 Å². The van der Waals surface area contributed by atoms with Crippen molar-refractivity contribution in [3.05, 3.63) is 16.6 Å². The molecule has 0 saturated carbocycles. The molecule has 0 fully saturated rings. The van der Waals surface area contributed by atoms with Crippen molar-refractivity contribution in [3.8, 4) is 0 Å². The Balaban J connectivity index is 0.00000289. The molecule has 0 atom stereocenters. The van der Waals surface area contributed by atoms with Crippen LogP contribution in [0, 0.1) is 6.92 Å². The minimum atomic E-state index is -2.36. The highest BCUT2D eigenvalue weighted by atomic mass is 127. The molecule has 0 amide bonds. The van der Waals surface area contributed by atoms with Gasteiger partial charge in [-0.15, -0.1) is 0 Å². The van der Waals surface area contributed by atoms with Crippen molar-refractivity contribution in [2.45, 2.75) is 32.4 Å². The number of rotatable bonds is 8. The van der Waals surface area contributed by atoms with Gasteiger partial charge >= 0.3 is 8.80 Å². The van der Waals surface area contributed by atoms with E-state index in [1.54, 1.807) is 32.7 Å². The van der Waals surface area contributed by atoms with Crippen LogP contribution in [-0.2, 0) is 19.8 Å². The average Bonchev–Trinajstić information content (AvgIpc) is 2.76. The Labute approximate surface area is 132 Å². The number of hydrogen-bond acceptors (Lipinski definition) is 4. The highest BCUT2D eigenvalue weighted by Gasteiger charge is 2.36. The summed E-state index contributed by atoms with van der Waals surface area (Å²) in [5, 5.41) is 2.17. The van der Waals surface area contributed by atoms with Gasteiger partial charge in [0.15, 0.2) is 5.69 Å². The number of hydrogen-bond donors (Lipinski definition) is 0. The zero-order valence-electron chi connectivity index (χ0n) is 11.4. The van der Waals surface area contributed by atoms with Crippen molar-refractivity contribution in [1.29, 1.82) is 0 Å². The Bertz CT molecular complexity index is 326. The van der Waals surface area contributed by atoms with E-state index in [2.05, 4.69) is 22.4 Å². The van der Waals surface area contributed by atoms with Gasteiger partial charge in [-0.3, -0.25) is 0 Å². The number of unbranched alkanes of at least 4 members (excludes halogenated alkanes) is 1. The van der Waals surface area contributed by atoms with E-state index in [0.717, 1.165) is 25.4 Å². The van der Waals surface area contributed by atoms with Crippen LogP contribution in [0.25, 0.3) is 0 Å². The highest BCUT2D eigenvalue weighted by Crippen LogP contribution is 2.16. The molecule has 1 aromatic heterocycles. The summed E-state index contributed by atoms with van der Waals surface area (Å²) < 4.78 is 18.4. The summed E-state index contributed by atoms with van der Waals surface area (Å²) >= 11 is 1.74. The molecule has 0 aliphatic heterocycles. The summed E-state index contributed by atoms with van der Waals surface area (Å²) in [6.07, 6.45) is 2.18. The summed E-state index contributed by atoms with van der Waals surface area (Å²) in [5.74, 6) is 0. The summed E-state index contributed by atoms with van der Waals surface area (Å²) in [7, 11) is 2.63. The molecule has 7 heteroatoms. The van der Waals surface area contributed by atoms with Gasteiger partial charge < -0.3 is 37.3 Å². The molecule has 106 valence electrons. The molecule has 1 rings (SSSR count). The van der Waals surface area contributed by atoms with Crippen LogP contribution in [0.15, 0.2) is 10.9 Å². The van der Waals surface area contributed by atoms with Crippen molar-refractivity contribution in [1.82, 2.24) is 0 Å². The first kappa shape index (κ1) is 18.5. The monoisotopic (exact) mass is 403 g/mol. The summed E-state index contributed by atoms with van der Waals surface area (Å²) in [6.45, 7) is 3.19. The lowest BCUT2D eigenvalue weighted by Crippen LogP contribution is -3.00. The molecule has 1 aromatic rings. The zero-order valence-corrected chi connectivity index (χ0v) is 15.4. The van der Waals surface area contributed by atoms with Crippen LogP contribution in [0.2, 0.25) is 6.04 Å². The van der Waals surface area contributed by atoms with E-state index in [-0.39, 0.29) is 24.0 Å². The normalized spacial score (nSPS) is 11.3. The number of aryl methyl sites for hydroxylation is 2. The third kappa shape index (κ3) is 5.22. The fourth-order valence-corrected chi connectivity index (χ4v) is 4.37. The van der Waals surface area contributed by atoms with Gasteiger partial charge in [-0.05, 0) is 6.42 Å². The predicted molar refractivity (Wildman–Crippen MR) is 70.1 cm³/mol.